The average Bonchev–Trinajstić information content (AvgIpc) is 3.11. The number of anilines is 2. The first-order valence-electron chi connectivity index (χ1n) is 8.84. The zero-order valence-corrected chi connectivity index (χ0v) is 17.5. The number of carbonyl (C=O) groups excluding carboxylic acids is 1. The number of amides is 1. The number of benzene rings is 1. The van der Waals surface area contributed by atoms with Gasteiger partial charge in [0.15, 0.2) is 11.5 Å². The first kappa shape index (κ1) is 20.0. The van der Waals surface area contributed by atoms with Gasteiger partial charge in [-0.05, 0) is 47.7 Å². The summed E-state index contributed by atoms with van der Waals surface area (Å²) in [6.07, 6.45) is 4.35. The minimum absolute atomic E-state index is 0.00215. The van der Waals surface area contributed by atoms with E-state index in [-0.39, 0.29) is 35.7 Å². The molecule has 0 unspecified atom stereocenters. The zero-order chi connectivity index (χ0) is 20.9. The maximum atomic E-state index is 15.2. The highest BCUT2D eigenvalue weighted by atomic mass is 127. The Morgan fingerprint density at radius 3 is 2.79 bits per heavy atom. The highest BCUT2D eigenvalue weighted by Crippen LogP contribution is 2.32. The van der Waals surface area contributed by atoms with Crippen LogP contribution in [0.1, 0.15) is 17.3 Å². The van der Waals surface area contributed by atoms with E-state index in [1.807, 2.05) is 22.6 Å². The van der Waals surface area contributed by atoms with E-state index < -0.39 is 29.2 Å². The summed E-state index contributed by atoms with van der Waals surface area (Å²) in [5.74, 6) is -1.85. The molecule has 3 heterocycles. The Kier molecular flexibility index (Phi) is 4.95. The highest BCUT2D eigenvalue weighted by Gasteiger charge is 2.47. The summed E-state index contributed by atoms with van der Waals surface area (Å²) in [7, 11) is 0. The lowest BCUT2D eigenvalue weighted by molar-refractivity contribution is -0.0931. The standard InChI is InChI=1S/C19H18F2IN5O2/c1-10(23)19(29)8-27(9-19)18(28)12-7-26-5-4-24-17(26)15(21)16(12)25-14-3-2-11(22)6-13(14)20/h2-7,10,25,29H,8-9,23H2,1H3/t10-/m0/s1. The van der Waals surface area contributed by atoms with Gasteiger partial charge in [-0.3, -0.25) is 4.79 Å². The molecule has 1 saturated heterocycles. The van der Waals surface area contributed by atoms with Gasteiger partial charge in [0.05, 0.1) is 30.0 Å². The van der Waals surface area contributed by atoms with E-state index in [9.17, 15) is 14.3 Å². The van der Waals surface area contributed by atoms with Gasteiger partial charge in [0, 0.05) is 28.2 Å². The third kappa shape index (κ3) is 3.45. The number of aromatic nitrogens is 2. The molecule has 1 aliphatic rings. The number of hydrogen-bond donors (Lipinski definition) is 3. The first-order chi connectivity index (χ1) is 13.7. The molecule has 0 aliphatic carbocycles. The molecule has 0 radical (unpaired) electrons. The molecule has 29 heavy (non-hydrogen) atoms. The van der Waals surface area contributed by atoms with Gasteiger partial charge in [-0.15, -0.1) is 0 Å². The van der Waals surface area contributed by atoms with E-state index in [1.54, 1.807) is 13.0 Å². The largest absolute Gasteiger partial charge is 0.385 e. The monoisotopic (exact) mass is 513 g/mol. The van der Waals surface area contributed by atoms with E-state index in [1.165, 1.54) is 40.0 Å². The van der Waals surface area contributed by atoms with Crippen molar-refractivity contribution in [2.24, 2.45) is 5.73 Å². The predicted molar refractivity (Wildman–Crippen MR) is 112 cm³/mol. The van der Waals surface area contributed by atoms with E-state index in [0.29, 0.717) is 3.57 Å². The van der Waals surface area contributed by atoms with Crippen LogP contribution in [0.25, 0.3) is 5.65 Å². The summed E-state index contributed by atoms with van der Waals surface area (Å²) in [5, 5.41) is 13.0. The van der Waals surface area contributed by atoms with Crippen molar-refractivity contribution in [1.29, 1.82) is 0 Å². The van der Waals surface area contributed by atoms with Gasteiger partial charge >= 0.3 is 0 Å². The van der Waals surface area contributed by atoms with Crippen LogP contribution in [0, 0.1) is 15.2 Å². The lowest BCUT2D eigenvalue weighted by atomic mass is 9.87. The topological polar surface area (TPSA) is 95.9 Å². The molecule has 1 amide bonds. The van der Waals surface area contributed by atoms with Crippen LogP contribution >= 0.6 is 22.6 Å². The normalized spacial score (nSPS) is 16.6. The lowest BCUT2D eigenvalue weighted by Crippen LogP contribution is -2.70. The highest BCUT2D eigenvalue weighted by molar-refractivity contribution is 14.1. The van der Waals surface area contributed by atoms with Crippen LogP contribution in [0.5, 0.6) is 0 Å². The number of nitrogens with one attached hydrogen (secondary N) is 1. The van der Waals surface area contributed by atoms with Gasteiger partial charge in [0.25, 0.3) is 5.91 Å². The second kappa shape index (κ2) is 7.18. The maximum absolute atomic E-state index is 15.2. The average molecular weight is 513 g/mol. The van der Waals surface area contributed by atoms with Crippen molar-refractivity contribution in [2.45, 2.75) is 18.6 Å². The molecule has 4 N–H and O–H groups in total. The fraction of sp³-hybridized carbons (Fsp3) is 0.263. The number of halogens is 3. The number of aliphatic hydroxyl groups is 1. The smallest absolute Gasteiger partial charge is 0.257 e. The van der Waals surface area contributed by atoms with Gasteiger partial charge in [-0.2, -0.15) is 0 Å². The molecular formula is C19H18F2IN5O2. The minimum Gasteiger partial charge on any atom is -0.385 e. The van der Waals surface area contributed by atoms with Crippen molar-refractivity contribution in [2.75, 3.05) is 18.4 Å². The third-order valence-corrected chi connectivity index (χ3v) is 5.78. The molecule has 0 spiro atoms. The van der Waals surface area contributed by atoms with Crippen molar-refractivity contribution in [3.05, 3.63) is 57.6 Å². The van der Waals surface area contributed by atoms with Crippen molar-refractivity contribution in [1.82, 2.24) is 14.3 Å². The summed E-state index contributed by atoms with van der Waals surface area (Å²) < 4.78 is 31.6. The summed E-state index contributed by atoms with van der Waals surface area (Å²) in [6.45, 7) is 1.72. The van der Waals surface area contributed by atoms with Crippen LogP contribution in [0.2, 0.25) is 0 Å². The number of β-amino-alcohol motifs (C(OH)–C–C–N with tert-alkyl or cyclic N) is 1. The number of nitrogens with two attached hydrogens (primary N) is 1. The quantitative estimate of drug-likeness (QED) is 0.467. The number of pyridine rings is 1. The van der Waals surface area contributed by atoms with Crippen LogP contribution in [0.3, 0.4) is 0 Å². The van der Waals surface area contributed by atoms with E-state index in [0.717, 1.165) is 0 Å². The Morgan fingerprint density at radius 1 is 1.41 bits per heavy atom. The van der Waals surface area contributed by atoms with Crippen LogP contribution in [-0.2, 0) is 0 Å². The number of hydrogen-bond acceptors (Lipinski definition) is 5. The Hall–Kier alpha value is -2.31. The third-order valence-electron chi connectivity index (χ3n) is 5.11. The van der Waals surface area contributed by atoms with Crippen LogP contribution < -0.4 is 11.1 Å². The molecule has 4 rings (SSSR count). The molecule has 1 aromatic carbocycles. The number of fused-ring (bicyclic) bond motifs is 1. The Bertz CT molecular complexity index is 1110. The predicted octanol–water partition coefficient (Wildman–Crippen LogP) is 2.49. The molecule has 1 fully saturated rings. The Balaban J connectivity index is 1.75. The molecule has 1 aliphatic heterocycles. The molecule has 7 nitrogen and oxygen atoms in total. The summed E-state index contributed by atoms with van der Waals surface area (Å²) in [5.41, 5.74) is 4.45. The molecule has 10 heteroatoms. The Morgan fingerprint density at radius 2 is 2.14 bits per heavy atom. The van der Waals surface area contributed by atoms with Gasteiger partial charge < -0.3 is 25.5 Å². The fourth-order valence-electron chi connectivity index (χ4n) is 3.25. The molecule has 0 bridgehead atoms. The number of imidazole rings is 1. The van der Waals surface area contributed by atoms with Crippen LogP contribution in [0.15, 0.2) is 36.8 Å². The van der Waals surface area contributed by atoms with Gasteiger partial charge in [-0.1, -0.05) is 0 Å². The van der Waals surface area contributed by atoms with Crippen molar-refractivity contribution in [3.8, 4) is 0 Å². The maximum Gasteiger partial charge on any atom is 0.257 e. The van der Waals surface area contributed by atoms with E-state index in [4.69, 9.17) is 5.73 Å². The molecule has 152 valence electrons. The lowest BCUT2D eigenvalue weighted by Gasteiger charge is -2.48. The minimum atomic E-state index is -1.18. The number of nitrogens with zero attached hydrogens (tertiary/aromatic N) is 3. The fourth-order valence-corrected chi connectivity index (χ4v) is 3.70. The summed E-state index contributed by atoms with van der Waals surface area (Å²) >= 11 is 1.97. The number of carbonyl (C=O) groups is 1. The number of rotatable bonds is 4. The summed E-state index contributed by atoms with van der Waals surface area (Å²) in [4.78, 5) is 18.4. The second-order valence-corrected chi connectivity index (χ2v) is 8.44. The number of likely N-dealkylation sites (tertiary alicyclic amines) is 1. The van der Waals surface area contributed by atoms with Gasteiger partial charge in [0.1, 0.15) is 11.4 Å². The molecule has 0 saturated carbocycles. The van der Waals surface area contributed by atoms with Crippen molar-refractivity contribution in [3.63, 3.8) is 0 Å². The second-order valence-electron chi connectivity index (χ2n) is 7.19. The van der Waals surface area contributed by atoms with Gasteiger partial charge in [-0.25, -0.2) is 13.8 Å². The van der Waals surface area contributed by atoms with Gasteiger partial charge in [0.2, 0.25) is 0 Å². The SMILES string of the molecule is C[C@H](N)C1(O)CN(C(=O)c2cn3ccnc3c(F)c2Nc2ccc(I)cc2F)C1. The van der Waals surface area contributed by atoms with E-state index >= 15 is 4.39 Å². The zero-order valence-electron chi connectivity index (χ0n) is 15.4. The van der Waals surface area contributed by atoms with Crippen LogP contribution in [-0.4, -0.2) is 50.0 Å². The molecule has 2 aromatic heterocycles. The summed E-state index contributed by atoms with van der Waals surface area (Å²) in [6, 6.07) is 3.92. The Labute approximate surface area is 178 Å². The first-order valence-corrected chi connectivity index (χ1v) is 9.92. The van der Waals surface area contributed by atoms with E-state index in [2.05, 4.69) is 10.3 Å². The van der Waals surface area contributed by atoms with Crippen molar-refractivity contribution < 1.29 is 18.7 Å². The molecule has 3 aromatic rings. The molecular weight excluding hydrogens is 495 g/mol. The van der Waals surface area contributed by atoms with Crippen LogP contribution in [0.4, 0.5) is 20.2 Å². The van der Waals surface area contributed by atoms with Crippen molar-refractivity contribution >= 4 is 45.5 Å². The molecule has 1 atom stereocenters.